The van der Waals surface area contributed by atoms with Crippen LogP contribution in [-0.4, -0.2) is 224 Å². The summed E-state index contributed by atoms with van der Waals surface area (Å²) in [5, 5.41) is 104. The molecule has 478 valence electrons. The highest BCUT2D eigenvalue weighted by Gasteiger charge is 2.50. The summed E-state index contributed by atoms with van der Waals surface area (Å²) in [4.78, 5) is 104. The lowest BCUT2D eigenvalue weighted by atomic mass is 9.96. The Morgan fingerprint density at radius 2 is 1.19 bits per heavy atom. The summed E-state index contributed by atoms with van der Waals surface area (Å²) >= 11 is 0. The minimum absolute atomic E-state index is 0.0445. The van der Waals surface area contributed by atoms with E-state index >= 15 is 0 Å². The molecule has 88 heavy (non-hydrogen) atoms. The number of nitrogens with zero attached hydrogens (tertiary/aromatic N) is 3. The molecular weight excluding hydrogens is 1140 g/mol. The molecule has 0 radical (unpaired) electrons. The first-order valence-electron chi connectivity index (χ1n) is 29.7. The van der Waals surface area contributed by atoms with Gasteiger partial charge in [0.1, 0.15) is 66.9 Å². The quantitative estimate of drug-likeness (QED) is 0.0427. The third-order valence-electron chi connectivity index (χ3n) is 16.1. The lowest BCUT2D eigenvalue weighted by Gasteiger charge is -2.34. The van der Waals surface area contributed by atoms with Gasteiger partial charge in [0.05, 0.1) is 58.8 Å². The molecule has 12 N–H and O–H groups in total. The molecule has 4 aromatic carbocycles. The van der Waals surface area contributed by atoms with E-state index in [2.05, 4.69) is 33.5 Å². The molecule has 25 heteroatoms. The lowest BCUT2D eigenvalue weighted by molar-refractivity contribution is -0.870. The Labute approximate surface area is 511 Å². The van der Waals surface area contributed by atoms with Crippen molar-refractivity contribution >= 4 is 41.4 Å². The molecule has 3 fully saturated rings. The summed E-state index contributed by atoms with van der Waals surface area (Å²) < 4.78 is 12.3. The minimum Gasteiger partial charge on any atom is -0.872 e. The van der Waals surface area contributed by atoms with E-state index in [4.69, 9.17) is 9.47 Å². The maximum absolute atomic E-state index is 14.8. The topological polar surface area (TPSA) is 369 Å². The van der Waals surface area contributed by atoms with Crippen LogP contribution in [0.3, 0.4) is 0 Å². The highest BCUT2D eigenvalue weighted by atomic mass is 16.5. The van der Waals surface area contributed by atoms with Gasteiger partial charge in [-0.15, -0.1) is 5.75 Å². The SMILES string of the molecule is CCCCCOc1ccc(-c2ccc(-c3ccc(C(=O)N[C@@H]4C[C@@H](O)C(OCC[N+](C)(C)C)NC(=O)C5[C@@H](O)[C@@H](C)CN5C(=O)C([C@@H](C)O)NC(=O)C([C@H](O)[C@@H](O)c5ccc([O-])cc5)NC(=O)C5C[C@@H](O)CN5C(=O)C([C@@H](C)O)NC4=O)cc3)cc2)cc1. The van der Waals surface area contributed by atoms with Crippen LogP contribution in [-0.2, 0) is 33.5 Å². The second-order valence-electron chi connectivity index (χ2n) is 24.1. The maximum atomic E-state index is 14.8. The molecule has 0 saturated carbocycles. The van der Waals surface area contributed by atoms with Gasteiger partial charge in [-0.1, -0.05) is 99.5 Å². The number of carbonyl (C=O) groups excluding carboxylic acids is 7. The fourth-order valence-electron chi connectivity index (χ4n) is 10.8. The molecule has 3 aliphatic rings. The van der Waals surface area contributed by atoms with Crippen molar-refractivity contribution in [3.05, 3.63) is 108 Å². The van der Waals surface area contributed by atoms with Crippen molar-refractivity contribution < 1.29 is 88.4 Å². The second kappa shape index (κ2) is 30.1. The van der Waals surface area contributed by atoms with Gasteiger partial charge in [0, 0.05) is 37.4 Å². The van der Waals surface area contributed by atoms with Gasteiger partial charge in [-0.2, -0.15) is 0 Å². The van der Waals surface area contributed by atoms with Gasteiger partial charge in [0.2, 0.25) is 35.4 Å². The molecule has 6 unspecified atom stereocenters. The monoisotopic (exact) mass is 1220 g/mol. The average Bonchev–Trinajstić information content (AvgIpc) is 2.08. The van der Waals surface area contributed by atoms with Crippen LogP contribution in [0.2, 0.25) is 0 Å². The highest BCUT2D eigenvalue weighted by molar-refractivity contribution is 6.00. The normalized spacial score (nSPS) is 26.7. The number of quaternary nitrogens is 1. The Balaban J connectivity index is 1.23. The maximum Gasteiger partial charge on any atom is 0.251 e. The van der Waals surface area contributed by atoms with E-state index in [9.17, 15) is 74.4 Å². The van der Waals surface area contributed by atoms with Crippen LogP contribution in [0.5, 0.6) is 11.5 Å². The molecule has 0 bridgehead atoms. The number of hydrogen-bond donors (Lipinski definition) is 12. The van der Waals surface area contributed by atoms with Gasteiger partial charge >= 0.3 is 0 Å². The number of amides is 7. The van der Waals surface area contributed by atoms with Crippen LogP contribution >= 0.6 is 0 Å². The fraction of sp³-hybridized carbons (Fsp3) is 0.508. The number of unbranched alkanes of at least 4 members (excludes halogenated alkanes) is 2. The Morgan fingerprint density at radius 1 is 0.659 bits per heavy atom. The molecule has 7 rings (SSSR count). The first-order chi connectivity index (χ1) is 41.6. The first-order valence-corrected chi connectivity index (χ1v) is 29.7. The summed E-state index contributed by atoms with van der Waals surface area (Å²) in [6, 6.07) is 14.9. The second-order valence-corrected chi connectivity index (χ2v) is 24.1. The Bertz CT molecular complexity index is 3040. The van der Waals surface area contributed by atoms with E-state index in [0.29, 0.717) is 11.1 Å². The molecule has 4 aromatic rings. The standard InChI is InChI=1S/C63H84N8O17/c1-8-9-10-28-87-45-25-21-40(22-26-45)38-13-11-37(12-14-38)39-15-17-42(18-16-39)56(80)64-46-31-48(76)61(88-29-27-71(5,6)7)68-60(84)52-53(77)34(2)32-70(52)63(86)50(36(4)73)66-59(83)51(55(79)54(78)41-19-23-43(74)24-20-41)67-58(82)47-30-44(75)33-69(47)62(85)49(35(3)72)65-57(46)81/h11-26,34-36,44,46-55,61,72-73,75-79H,8-10,27-33H2,1-7H3,(H5-,64,65,66,67,68,74,80,81,82,83,84)/t34-,35+,36+,44+,46+,47?,48+,49?,50?,51?,52?,53-,54-,55-,61?/m0/s1. The number of benzene rings is 4. The van der Waals surface area contributed by atoms with Crippen LogP contribution in [0.15, 0.2) is 97.1 Å². The van der Waals surface area contributed by atoms with Crippen molar-refractivity contribution in [3.63, 3.8) is 0 Å². The number of fused-ring (bicyclic) bond motifs is 2. The molecule has 0 aromatic heterocycles. The molecule has 3 aliphatic heterocycles. The van der Waals surface area contributed by atoms with Gasteiger partial charge in [0.15, 0.2) is 6.23 Å². The summed E-state index contributed by atoms with van der Waals surface area (Å²) in [5.41, 5.74) is 3.43. The predicted octanol–water partition coefficient (Wildman–Crippen LogP) is -0.829. The van der Waals surface area contributed by atoms with Gasteiger partial charge in [-0.3, -0.25) is 33.6 Å². The third-order valence-corrected chi connectivity index (χ3v) is 16.1. The molecule has 7 amide bonds. The molecular formula is C63H84N8O17. The van der Waals surface area contributed by atoms with Crippen LogP contribution in [0.1, 0.15) is 81.8 Å². The minimum atomic E-state index is -2.31. The van der Waals surface area contributed by atoms with Crippen LogP contribution in [0, 0.1) is 5.92 Å². The number of likely N-dealkylation sites (N-methyl/N-ethyl adjacent to an activating group) is 1. The van der Waals surface area contributed by atoms with Gasteiger partial charge in [-0.05, 0) is 72.4 Å². The third kappa shape index (κ3) is 17.2. The largest absolute Gasteiger partial charge is 0.872 e. The van der Waals surface area contributed by atoms with Crippen molar-refractivity contribution in [1.82, 2.24) is 36.4 Å². The summed E-state index contributed by atoms with van der Waals surface area (Å²) in [7, 11) is 5.52. The molecule has 0 spiro atoms. The Morgan fingerprint density at radius 3 is 1.75 bits per heavy atom. The highest BCUT2D eigenvalue weighted by Crippen LogP contribution is 2.30. The van der Waals surface area contributed by atoms with Crippen molar-refractivity contribution in [2.45, 2.75) is 145 Å². The van der Waals surface area contributed by atoms with Crippen LogP contribution in [0.4, 0.5) is 0 Å². The zero-order valence-corrected chi connectivity index (χ0v) is 50.5. The number of aliphatic hydroxyl groups excluding tert-OH is 7. The molecule has 25 nitrogen and oxygen atoms in total. The predicted molar refractivity (Wildman–Crippen MR) is 318 cm³/mol. The van der Waals surface area contributed by atoms with E-state index in [-0.39, 0.29) is 30.8 Å². The van der Waals surface area contributed by atoms with Crippen molar-refractivity contribution in [1.29, 1.82) is 0 Å². The molecule has 15 atom stereocenters. The number of hydrogen-bond acceptors (Lipinski definition) is 17. The Kier molecular flexibility index (Phi) is 23.2. The fourth-order valence-corrected chi connectivity index (χ4v) is 10.8. The summed E-state index contributed by atoms with van der Waals surface area (Å²) in [5.74, 6) is -8.54. The number of ether oxygens (including phenoxy) is 2. The lowest BCUT2D eigenvalue weighted by Crippen LogP contribution is -2.64. The number of nitrogens with one attached hydrogen (secondary N) is 5. The van der Waals surface area contributed by atoms with Gasteiger partial charge < -0.3 is 91.2 Å². The molecule has 3 heterocycles. The van der Waals surface area contributed by atoms with E-state index < -0.39 is 158 Å². The number of rotatable bonds is 18. The zero-order valence-electron chi connectivity index (χ0n) is 50.5. The number of aliphatic hydroxyl groups is 7. The molecule has 0 aliphatic carbocycles. The van der Waals surface area contributed by atoms with Gasteiger partial charge in [-0.25, -0.2) is 0 Å². The van der Waals surface area contributed by atoms with E-state index in [0.717, 1.165) is 95.2 Å². The van der Waals surface area contributed by atoms with Crippen molar-refractivity contribution in [2.24, 2.45) is 5.92 Å². The van der Waals surface area contributed by atoms with Crippen LogP contribution < -0.4 is 36.4 Å². The molecule has 3 saturated heterocycles. The summed E-state index contributed by atoms with van der Waals surface area (Å²) in [6.45, 7) is 5.77. The van der Waals surface area contributed by atoms with Crippen molar-refractivity contribution in [2.75, 3.05) is 54.0 Å². The van der Waals surface area contributed by atoms with Crippen molar-refractivity contribution in [3.8, 4) is 33.8 Å². The van der Waals surface area contributed by atoms with E-state index in [1.165, 1.54) is 19.1 Å². The Hall–Kier alpha value is -7.59. The van der Waals surface area contributed by atoms with Crippen LogP contribution in [0.25, 0.3) is 22.3 Å². The average molecular weight is 1230 g/mol. The van der Waals surface area contributed by atoms with E-state index in [1.54, 1.807) is 12.1 Å². The number of carbonyl (C=O) groups is 7. The van der Waals surface area contributed by atoms with E-state index in [1.807, 2.05) is 69.7 Å². The van der Waals surface area contributed by atoms with Gasteiger partial charge in [0.25, 0.3) is 5.91 Å². The first kappa shape index (κ1) is 67.9. The summed E-state index contributed by atoms with van der Waals surface area (Å²) in [6.07, 6.45) is -12.7. The zero-order chi connectivity index (χ0) is 64.3. The smallest absolute Gasteiger partial charge is 0.251 e.